The quantitative estimate of drug-likeness (QED) is 0.622. The number of hydrogen-bond acceptors (Lipinski definition) is 4. The van der Waals surface area contributed by atoms with E-state index in [4.69, 9.17) is 0 Å². The molecule has 1 saturated carbocycles. The van der Waals surface area contributed by atoms with E-state index >= 15 is 0 Å². The Bertz CT molecular complexity index is 198. The molecular weight excluding hydrogens is 164 g/mol. The summed E-state index contributed by atoms with van der Waals surface area (Å²) in [5, 5.41) is 12.4. The normalized spacial score (nSPS) is 30.2. The molecule has 2 rings (SSSR count). The monoisotopic (exact) mass is 182 g/mol. The average molecular weight is 182 g/mol. The van der Waals surface area contributed by atoms with Crippen molar-refractivity contribution in [3.8, 4) is 0 Å². The molecule has 0 aromatic carbocycles. The Morgan fingerprint density at radius 1 is 1.08 bits per heavy atom. The highest BCUT2D eigenvalue weighted by atomic mass is 15.8. The van der Waals surface area contributed by atoms with Gasteiger partial charge < -0.3 is 0 Å². The van der Waals surface area contributed by atoms with Crippen molar-refractivity contribution in [2.75, 3.05) is 7.05 Å². The smallest absolute Gasteiger partial charge is 0.135 e. The lowest BCUT2D eigenvalue weighted by atomic mass is 9.95. The maximum atomic E-state index is 4.21. The van der Waals surface area contributed by atoms with E-state index in [1.807, 2.05) is 12.1 Å². The molecule has 1 aliphatic heterocycles. The van der Waals surface area contributed by atoms with Crippen molar-refractivity contribution in [3.63, 3.8) is 0 Å². The van der Waals surface area contributed by atoms with Crippen molar-refractivity contribution in [3.05, 3.63) is 0 Å². The lowest BCUT2D eigenvalue weighted by Crippen LogP contribution is -2.41. The molecule has 4 nitrogen and oxygen atoms in total. The van der Waals surface area contributed by atoms with Crippen LogP contribution < -0.4 is 0 Å². The first-order chi connectivity index (χ1) is 6.29. The van der Waals surface area contributed by atoms with E-state index in [0.29, 0.717) is 12.2 Å². The van der Waals surface area contributed by atoms with E-state index in [0.717, 1.165) is 0 Å². The van der Waals surface area contributed by atoms with Gasteiger partial charge in [-0.25, -0.2) is 0 Å². The number of hydrogen-bond donors (Lipinski definition) is 0. The molecular formula is C9H18N4. The van der Waals surface area contributed by atoms with Crippen LogP contribution in [0.2, 0.25) is 0 Å². The summed E-state index contributed by atoms with van der Waals surface area (Å²) in [7, 11) is 1.98. The van der Waals surface area contributed by atoms with Crippen LogP contribution >= 0.6 is 0 Å². The van der Waals surface area contributed by atoms with E-state index < -0.39 is 0 Å². The molecule has 1 fully saturated rings. The van der Waals surface area contributed by atoms with Gasteiger partial charge in [0.15, 0.2) is 0 Å². The third-order valence-electron chi connectivity index (χ3n) is 3.16. The van der Waals surface area contributed by atoms with Crippen LogP contribution in [0.25, 0.3) is 0 Å². The summed E-state index contributed by atoms with van der Waals surface area (Å²) in [5.41, 5.74) is 0. The lowest BCUT2D eigenvalue weighted by Gasteiger charge is -2.32. The van der Waals surface area contributed by atoms with Gasteiger partial charge in [-0.3, -0.25) is 10.0 Å². The van der Waals surface area contributed by atoms with E-state index in [2.05, 4.69) is 22.4 Å². The SMILES string of the molecule is CC1N(C)N=NN1C1CCCCC1. The molecule has 1 atom stereocenters. The molecule has 13 heavy (non-hydrogen) atoms. The molecule has 4 heteroatoms. The van der Waals surface area contributed by atoms with Gasteiger partial charge >= 0.3 is 0 Å². The van der Waals surface area contributed by atoms with Crippen molar-refractivity contribution < 1.29 is 0 Å². The summed E-state index contributed by atoms with van der Waals surface area (Å²) >= 11 is 0. The third kappa shape index (κ3) is 1.62. The largest absolute Gasteiger partial charge is 0.256 e. The Balaban J connectivity index is 1.96. The van der Waals surface area contributed by atoms with Crippen LogP contribution in [0.3, 0.4) is 0 Å². The molecule has 0 aromatic rings. The fraction of sp³-hybridized carbons (Fsp3) is 1.00. The van der Waals surface area contributed by atoms with Gasteiger partial charge in [-0.2, -0.15) is 0 Å². The van der Waals surface area contributed by atoms with Gasteiger partial charge in [0.1, 0.15) is 6.17 Å². The Kier molecular flexibility index (Phi) is 2.38. The van der Waals surface area contributed by atoms with Gasteiger partial charge in [-0.15, -0.1) is 0 Å². The zero-order chi connectivity index (χ0) is 9.26. The number of nitrogens with zero attached hydrogens (tertiary/aromatic N) is 4. The standard InChI is InChI=1S/C9H18N4/c1-8-12(2)10-11-13(8)9-6-4-3-5-7-9/h8-9H,3-7H2,1-2H3. The first-order valence-corrected chi connectivity index (χ1v) is 5.22. The molecule has 0 aromatic heterocycles. The first kappa shape index (κ1) is 8.78. The summed E-state index contributed by atoms with van der Waals surface area (Å²) in [5.74, 6) is 0. The van der Waals surface area contributed by atoms with Gasteiger partial charge in [-0.05, 0) is 19.8 Å². The molecule has 0 bridgehead atoms. The van der Waals surface area contributed by atoms with Crippen LogP contribution in [-0.2, 0) is 0 Å². The Morgan fingerprint density at radius 2 is 1.77 bits per heavy atom. The van der Waals surface area contributed by atoms with E-state index in [9.17, 15) is 0 Å². The second kappa shape index (κ2) is 3.52. The van der Waals surface area contributed by atoms with Gasteiger partial charge in [0.25, 0.3) is 0 Å². The molecule has 74 valence electrons. The van der Waals surface area contributed by atoms with Crippen LogP contribution in [0, 0.1) is 0 Å². The summed E-state index contributed by atoms with van der Waals surface area (Å²) in [6.07, 6.45) is 7.03. The second-order valence-electron chi connectivity index (χ2n) is 4.06. The summed E-state index contributed by atoms with van der Waals surface area (Å²) in [4.78, 5) is 0. The lowest BCUT2D eigenvalue weighted by molar-refractivity contribution is 0.0795. The van der Waals surface area contributed by atoms with E-state index in [1.165, 1.54) is 32.1 Å². The highest BCUT2D eigenvalue weighted by Gasteiger charge is 2.29. The van der Waals surface area contributed by atoms with Gasteiger partial charge in [-0.1, -0.05) is 29.7 Å². The van der Waals surface area contributed by atoms with Crippen LogP contribution in [0.5, 0.6) is 0 Å². The van der Waals surface area contributed by atoms with Crippen molar-refractivity contribution in [1.29, 1.82) is 0 Å². The zero-order valence-electron chi connectivity index (χ0n) is 8.48. The molecule has 1 aliphatic carbocycles. The maximum Gasteiger partial charge on any atom is 0.135 e. The minimum absolute atomic E-state index is 0.350. The van der Waals surface area contributed by atoms with Crippen LogP contribution in [-0.4, -0.2) is 29.3 Å². The van der Waals surface area contributed by atoms with Gasteiger partial charge in [0, 0.05) is 7.05 Å². The van der Waals surface area contributed by atoms with Crippen molar-refractivity contribution in [1.82, 2.24) is 10.0 Å². The zero-order valence-corrected chi connectivity index (χ0v) is 8.48. The molecule has 1 heterocycles. The molecule has 0 radical (unpaired) electrons. The minimum Gasteiger partial charge on any atom is -0.256 e. The average Bonchev–Trinajstić information content (AvgIpc) is 2.49. The summed E-state index contributed by atoms with van der Waals surface area (Å²) < 4.78 is 0. The molecule has 0 N–H and O–H groups in total. The first-order valence-electron chi connectivity index (χ1n) is 5.22. The van der Waals surface area contributed by atoms with Gasteiger partial charge in [0.05, 0.1) is 6.04 Å². The molecule has 0 saturated heterocycles. The molecule has 2 aliphatic rings. The molecule has 1 unspecified atom stereocenters. The number of rotatable bonds is 1. The Hall–Kier alpha value is -0.800. The molecule has 0 amide bonds. The van der Waals surface area contributed by atoms with Crippen LogP contribution in [0.4, 0.5) is 0 Å². The predicted octanol–water partition coefficient (Wildman–Crippen LogP) is 2.19. The van der Waals surface area contributed by atoms with Gasteiger partial charge in [0.2, 0.25) is 0 Å². The van der Waals surface area contributed by atoms with Crippen molar-refractivity contribution in [2.24, 2.45) is 10.4 Å². The second-order valence-corrected chi connectivity index (χ2v) is 4.06. The van der Waals surface area contributed by atoms with Crippen LogP contribution in [0.15, 0.2) is 10.4 Å². The topological polar surface area (TPSA) is 31.2 Å². The highest BCUT2D eigenvalue weighted by molar-refractivity contribution is 4.77. The maximum absolute atomic E-state index is 4.21. The fourth-order valence-electron chi connectivity index (χ4n) is 2.15. The van der Waals surface area contributed by atoms with Crippen molar-refractivity contribution >= 4 is 0 Å². The Labute approximate surface area is 79.6 Å². The van der Waals surface area contributed by atoms with E-state index in [-0.39, 0.29) is 0 Å². The highest BCUT2D eigenvalue weighted by Crippen LogP contribution is 2.27. The fourth-order valence-corrected chi connectivity index (χ4v) is 2.15. The predicted molar refractivity (Wildman–Crippen MR) is 50.8 cm³/mol. The summed E-state index contributed by atoms with van der Waals surface area (Å²) in [6.45, 7) is 2.16. The van der Waals surface area contributed by atoms with Crippen LogP contribution in [0.1, 0.15) is 39.0 Å². The Morgan fingerprint density at radius 3 is 2.31 bits per heavy atom. The third-order valence-corrected chi connectivity index (χ3v) is 3.16. The molecule has 0 spiro atoms. The van der Waals surface area contributed by atoms with E-state index in [1.54, 1.807) is 0 Å². The van der Waals surface area contributed by atoms with Crippen molar-refractivity contribution in [2.45, 2.75) is 51.2 Å². The summed E-state index contributed by atoms with van der Waals surface area (Å²) in [6, 6.07) is 0.637. The minimum atomic E-state index is 0.350.